The molecule has 0 saturated heterocycles. The number of benzene rings is 1. The van der Waals surface area contributed by atoms with Crippen molar-refractivity contribution in [1.29, 1.82) is 0 Å². The molecule has 1 rings (SSSR count). The quantitative estimate of drug-likeness (QED) is 0.746. The van der Waals surface area contributed by atoms with Crippen molar-refractivity contribution in [1.82, 2.24) is 4.90 Å². The second-order valence-corrected chi connectivity index (χ2v) is 4.57. The van der Waals surface area contributed by atoms with Gasteiger partial charge >= 0.3 is 0 Å². The third kappa shape index (κ3) is 4.32. The van der Waals surface area contributed by atoms with Crippen molar-refractivity contribution in [3.05, 3.63) is 29.1 Å². The van der Waals surface area contributed by atoms with E-state index in [1.807, 2.05) is 25.1 Å². The van der Waals surface area contributed by atoms with Crippen molar-refractivity contribution in [2.75, 3.05) is 20.6 Å². The van der Waals surface area contributed by atoms with Crippen LogP contribution in [0, 0.1) is 5.82 Å². The molecule has 0 aliphatic carbocycles. The first kappa shape index (κ1) is 13.9. The van der Waals surface area contributed by atoms with Gasteiger partial charge in [0.15, 0.2) is 11.6 Å². The summed E-state index contributed by atoms with van der Waals surface area (Å²) >= 11 is 0. The summed E-state index contributed by atoms with van der Waals surface area (Å²) in [7, 11) is 3.86. The molecule has 0 spiro atoms. The summed E-state index contributed by atoms with van der Waals surface area (Å²) in [6, 6.07) is 3.26. The normalized spacial score (nSPS) is 11.1. The highest BCUT2D eigenvalue weighted by Crippen LogP contribution is 2.25. The van der Waals surface area contributed by atoms with Crippen LogP contribution >= 0.6 is 0 Å². The number of halogens is 1. The standard InChI is InChI=1S/C13H21FN2O/c1-16(2)9-10-7-11(5-3-4-6-15)13(17)12(14)8-10/h7-8,17H,3-6,9,15H2,1-2H3. The van der Waals surface area contributed by atoms with Crippen LogP contribution in [0.2, 0.25) is 0 Å². The van der Waals surface area contributed by atoms with Gasteiger partial charge in [-0.2, -0.15) is 0 Å². The number of hydrogen-bond donors (Lipinski definition) is 2. The van der Waals surface area contributed by atoms with Crippen molar-refractivity contribution < 1.29 is 9.50 Å². The van der Waals surface area contributed by atoms with Crippen LogP contribution < -0.4 is 5.73 Å². The Kier molecular flexibility index (Phi) is 5.38. The van der Waals surface area contributed by atoms with E-state index in [0.29, 0.717) is 25.1 Å². The van der Waals surface area contributed by atoms with E-state index in [-0.39, 0.29) is 5.75 Å². The molecular weight excluding hydrogens is 219 g/mol. The van der Waals surface area contributed by atoms with Gasteiger partial charge in [0.25, 0.3) is 0 Å². The molecule has 0 saturated carbocycles. The lowest BCUT2D eigenvalue weighted by molar-refractivity contribution is 0.395. The molecule has 1 aromatic rings. The number of nitrogens with two attached hydrogens (primary N) is 1. The van der Waals surface area contributed by atoms with Crippen molar-refractivity contribution >= 4 is 0 Å². The molecule has 96 valence electrons. The lowest BCUT2D eigenvalue weighted by Gasteiger charge is -2.13. The SMILES string of the molecule is CN(C)Cc1cc(F)c(O)c(CCCCN)c1. The lowest BCUT2D eigenvalue weighted by atomic mass is 10.0. The van der Waals surface area contributed by atoms with Gasteiger partial charge in [0.1, 0.15) is 0 Å². The molecule has 17 heavy (non-hydrogen) atoms. The van der Waals surface area contributed by atoms with E-state index < -0.39 is 5.82 Å². The zero-order valence-corrected chi connectivity index (χ0v) is 10.5. The number of aryl methyl sites for hydroxylation is 1. The summed E-state index contributed by atoms with van der Waals surface area (Å²) in [6.07, 6.45) is 2.43. The minimum Gasteiger partial charge on any atom is -0.505 e. The second kappa shape index (κ2) is 6.57. The molecule has 0 unspecified atom stereocenters. The van der Waals surface area contributed by atoms with Crippen LogP contribution in [0.15, 0.2) is 12.1 Å². The summed E-state index contributed by atoms with van der Waals surface area (Å²) in [5.41, 5.74) is 6.97. The fourth-order valence-corrected chi connectivity index (χ4v) is 1.83. The molecule has 0 fully saturated rings. The fraction of sp³-hybridized carbons (Fsp3) is 0.538. The molecule has 0 radical (unpaired) electrons. The van der Waals surface area contributed by atoms with Crippen molar-refractivity contribution in [2.24, 2.45) is 5.73 Å². The van der Waals surface area contributed by atoms with Crippen LogP contribution in [0.5, 0.6) is 5.75 Å². The average Bonchev–Trinajstić information content (AvgIpc) is 2.24. The van der Waals surface area contributed by atoms with E-state index in [0.717, 1.165) is 18.4 Å². The number of aromatic hydroxyl groups is 1. The highest BCUT2D eigenvalue weighted by Gasteiger charge is 2.10. The van der Waals surface area contributed by atoms with Crippen LogP contribution in [-0.4, -0.2) is 30.6 Å². The Balaban J connectivity index is 2.82. The number of nitrogens with zero attached hydrogens (tertiary/aromatic N) is 1. The first-order chi connectivity index (χ1) is 8.04. The molecule has 0 amide bonds. The largest absolute Gasteiger partial charge is 0.505 e. The molecule has 1 aromatic carbocycles. The molecule has 4 heteroatoms. The van der Waals surface area contributed by atoms with E-state index in [1.54, 1.807) is 0 Å². The first-order valence-corrected chi connectivity index (χ1v) is 5.89. The van der Waals surface area contributed by atoms with Crippen molar-refractivity contribution in [3.8, 4) is 5.75 Å². The molecule has 0 bridgehead atoms. The second-order valence-electron chi connectivity index (χ2n) is 4.57. The molecule has 3 nitrogen and oxygen atoms in total. The molecule has 0 aliphatic heterocycles. The van der Waals surface area contributed by atoms with Gasteiger partial charge in [0, 0.05) is 6.54 Å². The minimum absolute atomic E-state index is 0.218. The van der Waals surface area contributed by atoms with Gasteiger partial charge in [0.2, 0.25) is 0 Å². The maximum atomic E-state index is 13.5. The van der Waals surface area contributed by atoms with Gasteiger partial charge in [-0.3, -0.25) is 0 Å². The van der Waals surface area contributed by atoms with E-state index in [1.165, 1.54) is 6.07 Å². The zero-order chi connectivity index (χ0) is 12.8. The van der Waals surface area contributed by atoms with E-state index in [9.17, 15) is 9.50 Å². The van der Waals surface area contributed by atoms with Crippen LogP contribution in [0.25, 0.3) is 0 Å². The Bertz CT molecular complexity index is 367. The Hall–Kier alpha value is -1.13. The van der Waals surface area contributed by atoms with E-state index in [2.05, 4.69) is 0 Å². The number of unbranched alkanes of at least 4 members (excludes halogenated alkanes) is 1. The molecule has 3 N–H and O–H groups in total. The fourth-order valence-electron chi connectivity index (χ4n) is 1.83. The molecule has 0 aromatic heterocycles. The van der Waals surface area contributed by atoms with Gasteiger partial charge in [-0.25, -0.2) is 4.39 Å². The number of phenolic OH excluding ortho intramolecular Hbond substituents is 1. The maximum Gasteiger partial charge on any atom is 0.165 e. The summed E-state index contributed by atoms with van der Waals surface area (Å²) < 4.78 is 13.5. The predicted molar refractivity (Wildman–Crippen MR) is 67.4 cm³/mol. The van der Waals surface area contributed by atoms with Crippen LogP contribution in [0.4, 0.5) is 4.39 Å². The summed E-state index contributed by atoms with van der Waals surface area (Å²) in [6.45, 7) is 1.29. The van der Waals surface area contributed by atoms with Gasteiger partial charge in [-0.05, 0) is 57.1 Å². The predicted octanol–water partition coefficient (Wildman–Crippen LogP) is 1.87. The van der Waals surface area contributed by atoms with Crippen LogP contribution in [0.3, 0.4) is 0 Å². The zero-order valence-electron chi connectivity index (χ0n) is 10.5. The average molecular weight is 240 g/mol. The van der Waals surface area contributed by atoms with Crippen LogP contribution in [0.1, 0.15) is 24.0 Å². The molecule has 0 atom stereocenters. The minimum atomic E-state index is -0.535. The Morgan fingerprint density at radius 2 is 2.00 bits per heavy atom. The maximum absolute atomic E-state index is 13.5. The summed E-state index contributed by atoms with van der Waals surface area (Å²) in [4.78, 5) is 1.97. The molecule has 0 aliphatic rings. The Morgan fingerprint density at radius 3 is 2.59 bits per heavy atom. The smallest absolute Gasteiger partial charge is 0.165 e. The van der Waals surface area contributed by atoms with Gasteiger partial charge in [-0.1, -0.05) is 6.07 Å². The Morgan fingerprint density at radius 1 is 1.29 bits per heavy atom. The first-order valence-electron chi connectivity index (χ1n) is 5.89. The lowest BCUT2D eigenvalue weighted by Crippen LogP contribution is -2.11. The molecule has 0 heterocycles. The topological polar surface area (TPSA) is 49.5 Å². The van der Waals surface area contributed by atoms with Crippen molar-refractivity contribution in [2.45, 2.75) is 25.8 Å². The highest BCUT2D eigenvalue weighted by atomic mass is 19.1. The van der Waals surface area contributed by atoms with Gasteiger partial charge in [-0.15, -0.1) is 0 Å². The van der Waals surface area contributed by atoms with Crippen LogP contribution in [-0.2, 0) is 13.0 Å². The Labute approximate surface area is 102 Å². The van der Waals surface area contributed by atoms with E-state index in [4.69, 9.17) is 5.73 Å². The van der Waals surface area contributed by atoms with E-state index >= 15 is 0 Å². The van der Waals surface area contributed by atoms with Gasteiger partial charge < -0.3 is 15.7 Å². The third-order valence-electron chi connectivity index (χ3n) is 2.60. The number of hydrogen-bond acceptors (Lipinski definition) is 3. The highest BCUT2D eigenvalue weighted by molar-refractivity contribution is 5.37. The van der Waals surface area contributed by atoms with Crippen molar-refractivity contribution in [3.63, 3.8) is 0 Å². The third-order valence-corrected chi connectivity index (χ3v) is 2.60. The number of phenols is 1. The molecular formula is C13H21FN2O. The number of rotatable bonds is 6. The summed E-state index contributed by atoms with van der Waals surface area (Å²) in [5.74, 6) is -0.753. The monoisotopic (exact) mass is 240 g/mol. The van der Waals surface area contributed by atoms with Gasteiger partial charge in [0.05, 0.1) is 0 Å². The summed E-state index contributed by atoms with van der Waals surface area (Å²) in [5, 5.41) is 9.64.